The quantitative estimate of drug-likeness (QED) is 0.756. The number of phenolic OH excluding ortho intramolecular Hbond substituents is 1. The Balaban J connectivity index is 1.90. The summed E-state index contributed by atoms with van der Waals surface area (Å²) >= 11 is 0. The van der Waals surface area contributed by atoms with Crippen LogP contribution >= 0.6 is 0 Å². The first kappa shape index (κ1) is 14.9. The number of hydrogen-bond acceptors (Lipinski definition) is 5. The number of hydrogen-bond donors (Lipinski definition) is 2. The first-order chi connectivity index (χ1) is 11.2. The van der Waals surface area contributed by atoms with Crippen LogP contribution in [0.15, 0.2) is 42.5 Å². The van der Waals surface area contributed by atoms with Crippen LogP contribution in [-0.2, 0) is 0 Å². The molecule has 6 nitrogen and oxygen atoms in total. The molecule has 0 aliphatic heterocycles. The molecule has 0 bridgehead atoms. The highest BCUT2D eigenvalue weighted by Gasteiger charge is 2.11. The summed E-state index contributed by atoms with van der Waals surface area (Å²) in [7, 11) is 1.63. The largest absolute Gasteiger partial charge is 0.504 e. The number of benzene rings is 2. The lowest BCUT2D eigenvalue weighted by Gasteiger charge is -2.06. The Morgan fingerprint density at radius 3 is 2.52 bits per heavy atom. The zero-order valence-electron chi connectivity index (χ0n) is 12.9. The van der Waals surface area contributed by atoms with E-state index in [-0.39, 0.29) is 5.75 Å². The normalized spacial score (nSPS) is 10.5. The van der Waals surface area contributed by atoms with Crippen molar-refractivity contribution in [2.24, 2.45) is 0 Å². The Bertz CT molecular complexity index is 797. The van der Waals surface area contributed by atoms with E-state index in [9.17, 15) is 5.11 Å². The smallest absolute Gasteiger partial charge is 0.181 e. The van der Waals surface area contributed by atoms with Gasteiger partial charge in [-0.05, 0) is 49.4 Å². The molecule has 3 rings (SSSR count). The van der Waals surface area contributed by atoms with Gasteiger partial charge in [-0.1, -0.05) is 0 Å². The topological polar surface area (TPSA) is 80.3 Å². The van der Waals surface area contributed by atoms with Gasteiger partial charge in [-0.3, -0.25) is 5.10 Å². The van der Waals surface area contributed by atoms with Crippen LogP contribution in [0.4, 0.5) is 0 Å². The molecule has 6 heteroatoms. The Labute approximate surface area is 133 Å². The molecule has 1 heterocycles. The second kappa shape index (κ2) is 6.39. The van der Waals surface area contributed by atoms with Crippen LogP contribution in [-0.4, -0.2) is 34.0 Å². The molecule has 1 aromatic heterocycles. The molecule has 0 aliphatic rings. The number of aromatic nitrogens is 3. The van der Waals surface area contributed by atoms with Crippen molar-refractivity contribution in [3.63, 3.8) is 0 Å². The van der Waals surface area contributed by atoms with Crippen molar-refractivity contribution in [3.05, 3.63) is 42.5 Å². The summed E-state index contributed by atoms with van der Waals surface area (Å²) in [5, 5.41) is 16.9. The van der Waals surface area contributed by atoms with Gasteiger partial charge in [-0.15, -0.1) is 0 Å². The first-order valence-corrected chi connectivity index (χ1v) is 7.24. The summed E-state index contributed by atoms with van der Waals surface area (Å²) in [6.07, 6.45) is 0. The molecule has 0 spiro atoms. The van der Waals surface area contributed by atoms with Crippen molar-refractivity contribution in [2.45, 2.75) is 6.92 Å². The zero-order valence-corrected chi connectivity index (χ0v) is 12.9. The number of nitrogens with zero attached hydrogens (tertiary/aromatic N) is 2. The summed E-state index contributed by atoms with van der Waals surface area (Å²) < 4.78 is 10.5. The molecule has 0 fully saturated rings. The lowest BCUT2D eigenvalue weighted by atomic mass is 10.2. The average molecular weight is 311 g/mol. The number of nitrogens with one attached hydrogen (secondary N) is 1. The van der Waals surface area contributed by atoms with Gasteiger partial charge >= 0.3 is 0 Å². The van der Waals surface area contributed by atoms with E-state index in [0.717, 1.165) is 16.9 Å². The fourth-order valence-electron chi connectivity index (χ4n) is 2.19. The number of H-pyrrole nitrogens is 1. The van der Waals surface area contributed by atoms with Crippen LogP contribution in [0.25, 0.3) is 22.8 Å². The number of rotatable bonds is 5. The molecule has 0 aliphatic carbocycles. The van der Waals surface area contributed by atoms with Gasteiger partial charge < -0.3 is 14.6 Å². The lowest BCUT2D eigenvalue weighted by Crippen LogP contribution is -1.92. The van der Waals surface area contributed by atoms with Crippen LogP contribution < -0.4 is 9.47 Å². The Morgan fingerprint density at radius 2 is 1.83 bits per heavy atom. The first-order valence-electron chi connectivity index (χ1n) is 7.24. The Morgan fingerprint density at radius 1 is 1.09 bits per heavy atom. The van der Waals surface area contributed by atoms with Gasteiger partial charge in [0.05, 0.1) is 13.7 Å². The fraction of sp³-hybridized carbons (Fsp3) is 0.176. The van der Waals surface area contributed by atoms with Crippen LogP contribution in [0.3, 0.4) is 0 Å². The van der Waals surface area contributed by atoms with Crippen LogP contribution in [0, 0.1) is 0 Å². The molecular formula is C17H17N3O3. The molecule has 0 amide bonds. The van der Waals surface area contributed by atoms with Gasteiger partial charge in [0.15, 0.2) is 23.1 Å². The highest BCUT2D eigenvalue weighted by Crippen LogP contribution is 2.31. The van der Waals surface area contributed by atoms with Crippen molar-refractivity contribution in [1.29, 1.82) is 0 Å². The maximum absolute atomic E-state index is 9.76. The van der Waals surface area contributed by atoms with Crippen LogP contribution in [0.1, 0.15) is 6.92 Å². The molecule has 0 saturated heterocycles. The van der Waals surface area contributed by atoms with Gasteiger partial charge in [0.2, 0.25) is 0 Å². The maximum atomic E-state index is 9.76. The van der Waals surface area contributed by atoms with Crippen molar-refractivity contribution in [3.8, 4) is 40.0 Å². The van der Waals surface area contributed by atoms with Crippen LogP contribution in [0.5, 0.6) is 17.2 Å². The molecule has 0 atom stereocenters. The van der Waals surface area contributed by atoms with Gasteiger partial charge in [0.1, 0.15) is 5.75 Å². The molecular weight excluding hydrogens is 294 g/mol. The van der Waals surface area contributed by atoms with Crippen molar-refractivity contribution >= 4 is 0 Å². The molecule has 2 N–H and O–H groups in total. The van der Waals surface area contributed by atoms with E-state index in [0.29, 0.717) is 24.0 Å². The molecule has 0 unspecified atom stereocenters. The maximum Gasteiger partial charge on any atom is 0.181 e. The number of methoxy groups -OCH3 is 1. The predicted octanol–water partition coefficient (Wildman–Crippen LogP) is 3.25. The minimum atomic E-state index is 0.0986. The third-order valence-electron chi connectivity index (χ3n) is 3.37. The predicted molar refractivity (Wildman–Crippen MR) is 86.6 cm³/mol. The third kappa shape index (κ3) is 3.11. The summed E-state index contributed by atoms with van der Waals surface area (Å²) in [4.78, 5) is 4.49. The molecule has 0 radical (unpaired) electrons. The fourth-order valence-corrected chi connectivity index (χ4v) is 2.19. The molecule has 23 heavy (non-hydrogen) atoms. The monoisotopic (exact) mass is 311 g/mol. The van der Waals surface area contributed by atoms with Gasteiger partial charge in [-0.25, -0.2) is 4.98 Å². The molecule has 0 saturated carbocycles. The highest BCUT2D eigenvalue weighted by atomic mass is 16.5. The van der Waals surface area contributed by atoms with E-state index in [1.54, 1.807) is 25.3 Å². The minimum absolute atomic E-state index is 0.0986. The number of aromatic amines is 1. The number of aromatic hydroxyl groups is 1. The number of ether oxygens (including phenoxy) is 2. The van der Waals surface area contributed by atoms with Gasteiger partial charge in [0, 0.05) is 11.1 Å². The summed E-state index contributed by atoms with van der Waals surface area (Å²) in [5.74, 6) is 2.50. The van der Waals surface area contributed by atoms with E-state index in [2.05, 4.69) is 15.2 Å². The highest BCUT2D eigenvalue weighted by molar-refractivity contribution is 5.64. The second-order valence-corrected chi connectivity index (χ2v) is 4.85. The molecule has 3 aromatic rings. The van der Waals surface area contributed by atoms with Crippen LogP contribution in [0.2, 0.25) is 0 Å². The lowest BCUT2D eigenvalue weighted by molar-refractivity contribution is 0.318. The van der Waals surface area contributed by atoms with Gasteiger partial charge in [0.25, 0.3) is 0 Å². The number of phenols is 1. The average Bonchev–Trinajstić information content (AvgIpc) is 3.07. The second-order valence-electron chi connectivity index (χ2n) is 4.85. The third-order valence-corrected chi connectivity index (χ3v) is 3.37. The Kier molecular flexibility index (Phi) is 4.14. The van der Waals surface area contributed by atoms with E-state index in [1.165, 1.54) is 0 Å². The van der Waals surface area contributed by atoms with E-state index >= 15 is 0 Å². The van der Waals surface area contributed by atoms with Crippen molar-refractivity contribution < 1.29 is 14.6 Å². The van der Waals surface area contributed by atoms with Crippen molar-refractivity contribution in [2.75, 3.05) is 13.7 Å². The summed E-state index contributed by atoms with van der Waals surface area (Å²) in [6, 6.07) is 12.6. The molecule has 2 aromatic carbocycles. The SMILES string of the molecule is CCOc1cc(-c2n[nH]c(-c3ccc(OC)cc3)n2)ccc1O. The summed E-state index contributed by atoms with van der Waals surface area (Å²) in [6.45, 7) is 2.34. The Hall–Kier alpha value is -3.02. The standard InChI is InChI=1S/C17H17N3O3/c1-3-23-15-10-12(6-9-14(15)21)17-18-16(19-20-17)11-4-7-13(22-2)8-5-11/h4-10,21H,3H2,1-2H3,(H,18,19,20). The minimum Gasteiger partial charge on any atom is -0.504 e. The van der Waals surface area contributed by atoms with Crippen molar-refractivity contribution in [1.82, 2.24) is 15.2 Å². The van der Waals surface area contributed by atoms with E-state index < -0.39 is 0 Å². The zero-order chi connectivity index (χ0) is 16.2. The van der Waals surface area contributed by atoms with E-state index in [4.69, 9.17) is 9.47 Å². The molecule has 118 valence electrons. The van der Waals surface area contributed by atoms with Gasteiger partial charge in [-0.2, -0.15) is 5.10 Å². The van der Waals surface area contributed by atoms with E-state index in [1.807, 2.05) is 31.2 Å². The summed E-state index contributed by atoms with van der Waals surface area (Å²) in [5.41, 5.74) is 1.68.